The Kier molecular flexibility index (Phi) is 6.11. The molecule has 0 aliphatic carbocycles. The molecule has 0 atom stereocenters. The number of amides is 1. The van der Waals surface area contributed by atoms with Crippen LogP contribution in [0.5, 0.6) is 0 Å². The zero-order valence-corrected chi connectivity index (χ0v) is 16.9. The first-order valence-corrected chi connectivity index (χ1v) is 9.43. The summed E-state index contributed by atoms with van der Waals surface area (Å²) in [7, 11) is 0. The van der Waals surface area contributed by atoms with E-state index >= 15 is 0 Å². The van der Waals surface area contributed by atoms with E-state index in [0.717, 1.165) is 5.56 Å². The Morgan fingerprint density at radius 3 is 2.43 bits per heavy atom. The smallest absolute Gasteiger partial charge is 0.224 e. The molecule has 8 heteroatoms. The minimum atomic E-state index is -0.125. The first-order valence-electron chi connectivity index (χ1n) is 8.67. The molecule has 6 nitrogen and oxygen atoms in total. The maximum Gasteiger partial charge on any atom is 0.224 e. The third kappa shape index (κ3) is 4.58. The van der Waals surface area contributed by atoms with Crippen LogP contribution >= 0.6 is 23.2 Å². The molecule has 0 fully saturated rings. The van der Waals surface area contributed by atoms with Crippen LogP contribution in [0, 0.1) is 6.92 Å². The average molecular weight is 417 g/mol. The molecule has 0 bridgehead atoms. The van der Waals surface area contributed by atoms with Gasteiger partial charge < -0.3 is 5.32 Å². The molecule has 3 aromatic rings. The van der Waals surface area contributed by atoms with Gasteiger partial charge in [-0.15, -0.1) is 0 Å². The molecule has 3 rings (SSSR count). The first kappa shape index (κ1) is 20.0. The predicted octanol–water partition coefficient (Wildman–Crippen LogP) is 4.79. The molecule has 0 spiro atoms. The Balaban J connectivity index is 1.81. The van der Waals surface area contributed by atoms with E-state index in [1.807, 2.05) is 0 Å². The van der Waals surface area contributed by atoms with Crippen molar-refractivity contribution in [1.29, 1.82) is 0 Å². The lowest BCUT2D eigenvalue weighted by Gasteiger charge is -2.08. The molecule has 1 heterocycles. The van der Waals surface area contributed by atoms with E-state index in [4.69, 9.17) is 23.2 Å². The maximum absolute atomic E-state index is 12.7. The van der Waals surface area contributed by atoms with Gasteiger partial charge in [-0.25, -0.2) is 9.67 Å². The number of aromatic nitrogens is 3. The Morgan fingerprint density at radius 1 is 1.07 bits per heavy atom. The van der Waals surface area contributed by atoms with Gasteiger partial charge in [-0.2, -0.15) is 5.10 Å². The third-order valence-corrected chi connectivity index (χ3v) is 4.80. The van der Waals surface area contributed by atoms with E-state index in [2.05, 4.69) is 15.4 Å². The Bertz CT molecular complexity index is 1030. The van der Waals surface area contributed by atoms with Gasteiger partial charge in [-0.3, -0.25) is 9.59 Å². The van der Waals surface area contributed by atoms with Crippen LogP contribution in [0.3, 0.4) is 0 Å². The number of Topliss-reactive ketones (excluding diaryl/α,β-unsaturated/α-hetero) is 1. The van der Waals surface area contributed by atoms with Crippen LogP contribution in [0.25, 0.3) is 11.4 Å². The zero-order chi connectivity index (χ0) is 20.3. The molecule has 2 aromatic carbocycles. The van der Waals surface area contributed by atoms with E-state index in [-0.39, 0.29) is 18.2 Å². The Hall–Kier alpha value is -2.70. The fraction of sp³-hybridized carbons (Fsp3) is 0.200. The van der Waals surface area contributed by atoms with Crippen LogP contribution in [0.15, 0.2) is 42.5 Å². The predicted molar refractivity (Wildman–Crippen MR) is 110 cm³/mol. The molecular formula is C20H18Cl2N4O2. The Labute approximate surface area is 172 Å². The number of benzene rings is 2. The summed E-state index contributed by atoms with van der Waals surface area (Å²) < 4.78 is 1.55. The molecular weight excluding hydrogens is 399 g/mol. The van der Waals surface area contributed by atoms with E-state index in [9.17, 15) is 9.59 Å². The van der Waals surface area contributed by atoms with Crippen molar-refractivity contribution < 1.29 is 9.59 Å². The molecule has 0 saturated heterocycles. The fourth-order valence-corrected chi connectivity index (χ4v) is 2.93. The van der Waals surface area contributed by atoms with Gasteiger partial charge in [0.05, 0.1) is 10.0 Å². The monoisotopic (exact) mass is 416 g/mol. The van der Waals surface area contributed by atoms with Crippen molar-refractivity contribution in [3.8, 4) is 11.4 Å². The number of anilines is 1. The van der Waals surface area contributed by atoms with Gasteiger partial charge in [0, 0.05) is 23.2 Å². The molecule has 0 saturated carbocycles. The van der Waals surface area contributed by atoms with Crippen LogP contribution < -0.4 is 5.32 Å². The van der Waals surface area contributed by atoms with Gasteiger partial charge in [0.1, 0.15) is 12.4 Å². The molecule has 0 radical (unpaired) electrons. The minimum absolute atomic E-state index is 0.0249. The molecule has 1 aromatic heterocycles. The Morgan fingerprint density at radius 2 is 1.79 bits per heavy atom. The standard InChI is InChI=1S/C20H18Cl2N4O2/c1-3-19(28)24-15-7-4-13(5-8-15)18(27)11-26-20(23-12(2)25-26)14-6-9-16(21)17(22)10-14/h4-10H,3,11H2,1-2H3,(H,24,28). The average Bonchev–Trinajstić information content (AvgIpc) is 3.04. The molecule has 0 aliphatic heterocycles. The van der Waals surface area contributed by atoms with Gasteiger partial charge >= 0.3 is 0 Å². The van der Waals surface area contributed by atoms with Crippen LogP contribution in [-0.4, -0.2) is 26.5 Å². The number of ketones is 1. The summed E-state index contributed by atoms with van der Waals surface area (Å²) in [6, 6.07) is 11.9. The fourth-order valence-electron chi connectivity index (χ4n) is 2.63. The molecule has 1 amide bonds. The number of carbonyl (C=O) groups is 2. The lowest BCUT2D eigenvalue weighted by Crippen LogP contribution is -2.13. The largest absolute Gasteiger partial charge is 0.326 e. The van der Waals surface area contributed by atoms with Crippen molar-refractivity contribution in [1.82, 2.24) is 14.8 Å². The minimum Gasteiger partial charge on any atom is -0.326 e. The normalized spacial score (nSPS) is 10.7. The lowest BCUT2D eigenvalue weighted by atomic mass is 10.1. The van der Waals surface area contributed by atoms with Crippen molar-refractivity contribution in [3.63, 3.8) is 0 Å². The highest BCUT2D eigenvalue weighted by Crippen LogP contribution is 2.28. The van der Waals surface area contributed by atoms with Crippen LogP contribution in [-0.2, 0) is 11.3 Å². The molecule has 144 valence electrons. The molecule has 28 heavy (non-hydrogen) atoms. The van der Waals surface area contributed by atoms with Crippen molar-refractivity contribution in [2.75, 3.05) is 5.32 Å². The first-order chi connectivity index (χ1) is 13.4. The summed E-state index contributed by atoms with van der Waals surface area (Å²) in [6.45, 7) is 3.56. The number of aryl methyl sites for hydroxylation is 1. The van der Waals surface area contributed by atoms with Crippen molar-refractivity contribution >= 4 is 40.6 Å². The van der Waals surface area contributed by atoms with E-state index in [1.54, 1.807) is 61.0 Å². The van der Waals surface area contributed by atoms with Gasteiger partial charge in [0.15, 0.2) is 11.6 Å². The summed E-state index contributed by atoms with van der Waals surface area (Å²) in [4.78, 5) is 28.5. The lowest BCUT2D eigenvalue weighted by molar-refractivity contribution is -0.115. The number of rotatable bonds is 6. The molecule has 0 unspecified atom stereocenters. The second kappa shape index (κ2) is 8.54. The maximum atomic E-state index is 12.7. The number of nitrogens with zero attached hydrogens (tertiary/aromatic N) is 3. The third-order valence-electron chi connectivity index (χ3n) is 4.06. The highest BCUT2D eigenvalue weighted by molar-refractivity contribution is 6.42. The van der Waals surface area contributed by atoms with E-state index < -0.39 is 0 Å². The number of nitrogens with one attached hydrogen (secondary N) is 1. The van der Waals surface area contributed by atoms with Gasteiger partial charge in [0.2, 0.25) is 5.91 Å². The summed E-state index contributed by atoms with van der Waals surface area (Å²) in [6.07, 6.45) is 0.393. The number of halogens is 2. The molecule has 1 N–H and O–H groups in total. The second-order valence-electron chi connectivity index (χ2n) is 6.17. The second-order valence-corrected chi connectivity index (χ2v) is 6.99. The summed E-state index contributed by atoms with van der Waals surface area (Å²) >= 11 is 12.1. The quantitative estimate of drug-likeness (QED) is 0.585. The highest BCUT2D eigenvalue weighted by atomic mass is 35.5. The van der Waals surface area contributed by atoms with Crippen molar-refractivity contribution in [2.24, 2.45) is 0 Å². The van der Waals surface area contributed by atoms with Gasteiger partial charge in [-0.05, 0) is 49.4 Å². The highest BCUT2D eigenvalue weighted by Gasteiger charge is 2.15. The topological polar surface area (TPSA) is 76.9 Å². The number of hydrogen-bond donors (Lipinski definition) is 1. The van der Waals surface area contributed by atoms with Crippen molar-refractivity contribution in [3.05, 3.63) is 63.9 Å². The summed E-state index contributed by atoms with van der Waals surface area (Å²) in [5.41, 5.74) is 1.89. The van der Waals surface area contributed by atoms with Crippen LogP contribution in [0.2, 0.25) is 10.0 Å². The number of carbonyl (C=O) groups excluding carboxylic acids is 2. The van der Waals surface area contributed by atoms with Crippen LogP contribution in [0.4, 0.5) is 5.69 Å². The number of hydrogen-bond acceptors (Lipinski definition) is 4. The summed E-state index contributed by atoms with van der Waals surface area (Å²) in [5, 5.41) is 7.92. The van der Waals surface area contributed by atoms with E-state index in [1.165, 1.54) is 0 Å². The van der Waals surface area contributed by atoms with Gasteiger partial charge in [0.25, 0.3) is 0 Å². The van der Waals surface area contributed by atoms with E-state index in [0.29, 0.717) is 39.4 Å². The molecule has 0 aliphatic rings. The zero-order valence-electron chi connectivity index (χ0n) is 15.4. The summed E-state index contributed by atoms with van der Waals surface area (Å²) in [5.74, 6) is 0.880. The van der Waals surface area contributed by atoms with Crippen molar-refractivity contribution in [2.45, 2.75) is 26.8 Å². The van der Waals surface area contributed by atoms with Gasteiger partial charge in [-0.1, -0.05) is 30.1 Å². The van der Waals surface area contributed by atoms with Crippen LogP contribution in [0.1, 0.15) is 29.5 Å². The SMILES string of the molecule is CCC(=O)Nc1ccc(C(=O)Cn2nc(C)nc2-c2ccc(Cl)c(Cl)c2)cc1.